The average Bonchev–Trinajstić information content (AvgIpc) is 2.72. The minimum Gasteiger partial charge on any atom is -0.497 e. The lowest BCUT2D eigenvalue weighted by Gasteiger charge is -2.29. The van der Waals surface area contributed by atoms with E-state index >= 15 is 0 Å². The summed E-state index contributed by atoms with van der Waals surface area (Å²) >= 11 is 0. The average molecular weight is 450 g/mol. The van der Waals surface area contributed by atoms with Gasteiger partial charge in [-0.3, -0.25) is 14.6 Å². The van der Waals surface area contributed by atoms with Gasteiger partial charge in [-0.25, -0.2) is 8.78 Å². The highest BCUT2D eigenvalue weighted by Crippen LogP contribution is 2.31. The fraction of sp³-hybridized carbons (Fsp3) is 0.348. The summed E-state index contributed by atoms with van der Waals surface area (Å²) in [5.41, 5.74) is 1.88. The summed E-state index contributed by atoms with van der Waals surface area (Å²) in [4.78, 5) is 29.1. The molecule has 0 saturated carbocycles. The molecular formula is C23H22F4N2O3. The summed E-state index contributed by atoms with van der Waals surface area (Å²) in [6.45, 7) is 3.90. The maximum absolute atomic E-state index is 13.2. The molecule has 32 heavy (non-hydrogen) atoms. The predicted molar refractivity (Wildman–Crippen MR) is 112 cm³/mol. The van der Waals surface area contributed by atoms with E-state index in [1.54, 1.807) is 11.4 Å². The van der Waals surface area contributed by atoms with Gasteiger partial charge in [0.25, 0.3) is 0 Å². The predicted octanol–water partition coefficient (Wildman–Crippen LogP) is 4.93. The molecule has 1 N–H and O–H groups in total. The van der Waals surface area contributed by atoms with Crippen LogP contribution in [0.25, 0.3) is 0 Å². The van der Waals surface area contributed by atoms with Crippen LogP contribution < -0.4 is 10.1 Å². The number of ether oxygens (including phenoxy) is 1. The number of alkyl halides is 4. The quantitative estimate of drug-likeness (QED) is 0.481. The van der Waals surface area contributed by atoms with E-state index in [0.717, 1.165) is 11.1 Å². The summed E-state index contributed by atoms with van der Waals surface area (Å²) in [7, 11) is 1.54. The molecular weight excluding hydrogens is 428 g/mol. The summed E-state index contributed by atoms with van der Waals surface area (Å²) < 4.78 is 56.5. The SMILES string of the molecule is COc1ccc2c(c1)C(CC(=O)c1cccc(NC(=O)C(F)(F)C(F)F)c1)=NC(C)(C)C2. The van der Waals surface area contributed by atoms with Crippen molar-refractivity contribution in [3.63, 3.8) is 0 Å². The van der Waals surface area contributed by atoms with Crippen molar-refractivity contribution in [3.05, 3.63) is 59.2 Å². The molecule has 1 aliphatic heterocycles. The first kappa shape index (κ1) is 23.4. The normalized spacial score (nSPS) is 15.1. The number of hydrogen-bond acceptors (Lipinski definition) is 4. The van der Waals surface area contributed by atoms with Gasteiger partial charge in [0.15, 0.2) is 5.78 Å². The van der Waals surface area contributed by atoms with Crippen LogP contribution in [0.5, 0.6) is 5.75 Å². The zero-order valence-electron chi connectivity index (χ0n) is 17.7. The third kappa shape index (κ3) is 4.98. The molecule has 9 heteroatoms. The Morgan fingerprint density at radius 1 is 1.19 bits per heavy atom. The highest BCUT2D eigenvalue weighted by Gasteiger charge is 2.49. The number of methoxy groups -OCH3 is 1. The topological polar surface area (TPSA) is 67.8 Å². The van der Waals surface area contributed by atoms with Crippen LogP contribution in [0.3, 0.4) is 0 Å². The second-order valence-electron chi connectivity index (χ2n) is 8.13. The molecule has 0 radical (unpaired) electrons. The summed E-state index contributed by atoms with van der Waals surface area (Å²) in [6.07, 6.45) is -3.53. The monoisotopic (exact) mass is 450 g/mol. The zero-order chi connectivity index (χ0) is 23.7. The Hall–Kier alpha value is -3.23. The highest BCUT2D eigenvalue weighted by molar-refractivity contribution is 6.17. The number of rotatable bonds is 7. The van der Waals surface area contributed by atoms with Gasteiger partial charge in [-0.05, 0) is 50.1 Å². The number of fused-ring (bicyclic) bond motifs is 1. The number of hydrogen-bond donors (Lipinski definition) is 1. The van der Waals surface area contributed by atoms with E-state index in [-0.39, 0.29) is 23.5 Å². The van der Waals surface area contributed by atoms with Gasteiger partial charge in [0.05, 0.1) is 24.8 Å². The number of nitrogens with one attached hydrogen (secondary N) is 1. The minimum absolute atomic E-state index is 0.0752. The zero-order valence-corrected chi connectivity index (χ0v) is 17.7. The summed E-state index contributed by atoms with van der Waals surface area (Å²) in [6, 6.07) is 10.8. The molecule has 0 fully saturated rings. The number of carbonyl (C=O) groups is 2. The van der Waals surface area contributed by atoms with Gasteiger partial charge >= 0.3 is 18.3 Å². The van der Waals surface area contributed by atoms with Gasteiger partial charge in [0.2, 0.25) is 0 Å². The van der Waals surface area contributed by atoms with Gasteiger partial charge in [-0.15, -0.1) is 0 Å². The Kier molecular flexibility index (Phi) is 6.39. The van der Waals surface area contributed by atoms with Crippen LogP contribution in [0.15, 0.2) is 47.5 Å². The van der Waals surface area contributed by atoms with E-state index < -0.39 is 23.8 Å². The van der Waals surface area contributed by atoms with E-state index in [9.17, 15) is 27.2 Å². The van der Waals surface area contributed by atoms with Gasteiger partial charge in [0.1, 0.15) is 5.75 Å². The van der Waals surface area contributed by atoms with Crippen LogP contribution in [-0.2, 0) is 11.2 Å². The first-order valence-corrected chi connectivity index (χ1v) is 9.79. The lowest BCUT2D eigenvalue weighted by atomic mass is 9.85. The van der Waals surface area contributed by atoms with Crippen molar-refractivity contribution in [2.75, 3.05) is 12.4 Å². The van der Waals surface area contributed by atoms with Crippen LogP contribution in [0.2, 0.25) is 0 Å². The molecule has 0 spiro atoms. The second-order valence-corrected chi connectivity index (χ2v) is 8.13. The van der Waals surface area contributed by atoms with Crippen molar-refractivity contribution in [2.45, 2.75) is 44.6 Å². The van der Waals surface area contributed by atoms with Crippen LogP contribution in [0.4, 0.5) is 23.2 Å². The first-order chi connectivity index (χ1) is 14.9. The lowest BCUT2D eigenvalue weighted by Crippen LogP contribution is -2.41. The Morgan fingerprint density at radius 2 is 1.91 bits per heavy atom. The first-order valence-electron chi connectivity index (χ1n) is 9.79. The third-order valence-corrected chi connectivity index (χ3v) is 5.04. The Morgan fingerprint density at radius 3 is 2.56 bits per heavy atom. The smallest absolute Gasteiger partial charge is 0.383 e. The molecule has 1 aliphatic rings. The molecule has 0 aliphatic carbocycles. The number of Topliss-reactive ketones (excluding diaryl/α,β-unsaturated/α-hetero) is 1. The van der Waals surface area contributed by atoms with Crippen molar-refractivity contribution in [3.8, 4) is 5.75 Å². The van der Waals surface area contributed by atoms with Crippen molar-refractivity contribution in [2.24, 2.45) is 4.99 Å². The summed E-state index contributed by atoms with van der Waals surface area (Å²) in [5.74, 6) is -6.73. The van der Waals surface area contributed by atoms with Crippen LogP contribution in [0.1, 0.15) is 41.8 Å². The van der Waals surface area contributed by atoms with Crippen LogP contribution in [-0.4, -0.2) is 42.4 Å². The number of nitrogens with zero attached hydrogens (tertiary/aromatic N) is 1. The Labute approximate surface area is 182 Å². The van der Waals surface area contributed by atoms with Crippen LogP contribution >= 0.6 is 0 Å². The molecule has 1 heterocycles. The second kappa shape index (κ2) is 8.72. The molecule has 170 valence electrons. The van der Waals surface area contributed by atoms with Gasteiger partial charge < -0.3 is 10.1 Å². The fourth-order valence-corrected chi connectivity index (χ4v) is 3.51. The number of aliphatic imine (C=N–C) groups is 1. The Balaban J connectivity index is 1.84. The van der Waals surface area contributed by atoms with Gasteiger partial charge in [0, 0.05) is 16.8 Å². The van der Waals surface area contributed by atoms with E-state index in [0.29, 0.717) is 17.9 Å². The van der Waals surface area contributed by atoms with Gasteiger partial charge in [-0.1, -0.05) is 18.2 Å². The number of halogens is 4. The molecule has 2 aromatic carbocycles. The largest absolute Gasteiger partial charge is 0.497 e. The molecule has 3 rings (SSSR count). The maximum Gasteiger partial charge on any atom is 0.383 e. The van der Waals surface area contributed by atoms with E-state index in [1.807, 2.05) is 26.0 Å². The number of carbonyl (C=O) groups excluding carboxylic acids is 2. The number of anilines is 1. The minimum atomic E-state index is -4.84. The van der Waals surface area contributed by atoms with Crippen molar-refractivity contribution < 1.29 is 31.9 Å². The van der Waals surface area contributed by atoms with E-state index in [2.05, 4.69) is 0 Å². The van der Waals surface area contributed by atoms with Crippen molar-refractivity contribution in [1.29, 1.82) is 0 Å². The Bertz CT molecular complexity index is 1080. The molecule has 0 atom stereocenters. The van der Waals surface area contributed by atoms with Crippen molar-refractivity contribution >= 4 is 23.1 Å². The molecule has 0 unspecified atom stereocenters. The standard InChI is InChI=1S/C23H22F4N2O3/c1-22(2)12-14-7-8-16(32-3)10-17(14)18(29-22)11-19(30)13-5-4-6-15(9-13)28-21(31)23(26,27)20(24)25/h4-10,20H,11-12H2,1-3H3,(H,28,31). The number of ketones is 1. The van der Waals surface area contributed by atoms with Crippen molar-refractivity contribution in [1.82, 2.24) is 0 Å². The third-order valence-electron chi connectivity index (χ3n) is 5.04. The summed E-state index contributed by atoms with van der Waals surface area (Å²) in [5, 5.41) is 1.74. The van der Waals surface area contributed by atoms with Crippen LogP contribution in [0, 0.1) is 0 Å². The van der Waals surface area contributed by atoms with E-state index in [1.165, 1.54) is 31.4 Å². The van der Waals surface area contributed by atoms with Gasteiger partial charge in [-0.2, -0.15) is 8.78 Å². The molecule has 0 aromatic heterocycles. The molecule has 5 nitrogen and oxygen atoms in total. The lowest BCUT2D eigenvalue weighted by molar-refractivity contribution is -0.163. The highest BCUT2D eigenvalue weighted by atomic mass is 19.3. The molecule has 0 bridgehead atoms. The molecule has 0 saturated heterocycles. The molecule has 2 aromatic rings. The van der Waals surface area contributed by atoms with E-state index in [4.69, 9.17) is 9.73 Å². The number of benzene rings is 2. The molecule has 1 amide bonds. The number of amides is 1. The fourth-order valence-electron chi connectivity index (χ4n) is 3.51. The maximum atomic E-state index is 13.2.